The van der Waals surface area contributed by atoms with Crippen LogP contribution in [0.4, 0.5) is 21.6 Å². The molecule has 154 valence electrons. The highest BCUT2D eigenvalue weighted by molar-refractivity contribution is 6.04. The molecule has 0 fully saturated rings. The van der Waals surface area contributed by atoms with E-state index in [0.29, 0.717) is 17.1 Å². The monoisotopic (exact) mass is 412 g/mol. The SMILES string of the molecule is Cc1ccc(NC(=O)c2cccc(Nc3ccc(-c4ccc(F)cc4)nn3)c2)cc1C. The normalized spacial score (nSPS) is 10.5. The molecule has 1 aromatic heterocycles. The molecule has 0 spiro atoms. The quantitative estimate of drug-likeness (QED) is 0.429. The van der Waals surface area contributed by atoms with Crippen LogP contribution in [-0.4, -0.2) is 16.1 Å². The van der Waals surface area contributed by atoms with E-state index in [1.54, 1.807) is 42.5 Å². The molecule has 0 bridgehead atoms. The number of nitrogens with one attached hydrogen (secondary N) is 2. The fraction of sp³-hybridized carbons (Fsp3) is 0.0800. The Labute approximate surface area is 180 Å². The zero-order chi connectivity index (χ0) is 21.8. The highest BCUT2D eigenvalue weighted by Crippen LogP contribution is 2.21. The molecular formula is C25H21FN4O. The van der Waals surface area contributed by atoms with Crippen molar-refractivity contribution >= 4 is 23.1 Å². The van der Waals surface area contributed by atoms with Gasteiger partial charge in [0, 0.05) is 22.5 Å². The van der Waals surface area contributed by atoms with Gasteiger partial charge in [0.2, 0.25) is 0 Å². The van der Waals surface area contributed by atoms with Gasteiger partial charge in [0.1, 0.15) is 5.82 Å². The Bertz CT molecular complexity index is 1220. The van der Waals surface area contributed by atoms with Crippen LogP contribution in [0, 0.1) is 19.7 Å². The van der Waals surface area contributed by atoms with Crippen molar-refractivity contribution in [1.82, 2.24) is 10.2 Å². The van der Waals surface area contributed by atoms with Crippen molar-refractivity contribution in [3.63, 3.8) is 0 Å². The van der Waals surface area contributed by atoms with Gasteiger partial charge in [0.15, 0.2) is 5.82 Å². The van der Waals surface area contributed by atoms with Crippen LogP contribution in [0.3, 0.4) is 0 Å². The summed E-state index contributed by atoms with van der Waals surface area (Å²) in [6.45, 7) is 4.04. The number of aryl methyl sites for hydroxylation is 2. The number of rotatable bonds is 5. The molecule has 6 heteroatoms. The zero-order valence-corrected chi connectivity index (χ0v) is 17.2. The number of nitrogens with zero attached hydrogens (tertiary/aromatic N) is 2. The predicted octanol–water partition coefficient (Wildman–Crippen LogP) is 5.90. The van der Waals surface area contributed by atoms with Gasteiger partial charge in [-0.15, -0.1) is 10.2 Å². The molecule has 0 atom stereocenters. The van der Waals surface area contributed by atoms with Gasteiger partial charge in [-0.2, -0.15) is 0 Å². The molecule has 0 saturated heterocycles. The fourth-order valence-electron chi connectivity index (χ4n) is 3.08. The van der Waals surface area contributed by atoms with Crippen LogP contribution in [0.25, 0.3) is 11.3 Å². The fourth-order valence-corrected chi connectivity index (χ4v) is 3.08. The van der Waals surface area contributed by atoms with Crippen molar-refractivity contribution in [2.24, 2.45) is 0 Å². The minimum absolute atomic E-state index is 0.190. The number of amides is 1. The molecule has 5 nitrogen and oxygen atoms in total. The summed E-state index contributed by atoms with van der Waals surface area (Å²) in [6.07, 6.45) is 0. The van der Waals surface area contributed by atoms with E-state index in [2.05, 4.69) is 20.8 Å². The average Bonchev–Trinajstić information content (AvgIpc) is 2.78. The van der Waals surface area contributed by atoms with Crippen LogP contribution in [0.2, 0.25) is 0 Å². The Morgan fingerprint density at radius 1 is 0.806 bits per heavy atom. The molecule has 3 aromatic carbocycles. The maximum atomic E-state index is 13.1. The number of aromatic nitrogens is 2. The Hall–Kier alpha value is -4.06. The first-order valence-corrected chi connectivity index (χ1v) is 9.83. The van der Waals surface area contributed by atoms with Gasteiger partial charge in [-0.3, -0.25) is 4.79 Å². The third-order valence-electron chi connectivity index (χ3n) is 4.97. The number of carbonyl (C=O) groups excluding carboxylic acids is 1. The van der Waals surface area contributed by atoms with Crippen molar-refractivity contribution in [2.75, 3.05) is 10.6 Å². The third kappa shape index (κ3) is 4.93. The standard InChI is InChI=1S/C25H21FN4O/c1-16-6-11-22(14-17(16)2)28-25(31)19-4-3-5-21(15-19)27-24-13-12-23(29-30-24)18-7-9-20(26)10-8-18/h3-15H,1-2H3,(H,27,30)(H,28,31). The minimum Gasteiger partial charge on any atom is -0.339 e. The topological polar surface area (TPSA) is 66.9 Å². The summed E-state index contributed by atoms with van der Waals surface area (Å²) in [7, 11) is 0. The largest absolute Gasteiger partial charge is 0.339 e. The highest BCUT2D eigenvalue weighted by Gasteiger charge is 2.08. The first-order valence-electron chi connectivity index (χ1n) is 9.83. The molecule has 0 aliphatic carbocycles. The number of hydrogen-bond acceptors (Lipinski definition) is 4. The highest BCUT2D eigenvalue weighted by atomic mass is 19.1. The van der Waals surface area contributed by atoms with E-state index in [9.17, 15) is 9.18 Å². The molecule has 0 saturated carbocycles. The van der Waals surface area contributed by atoms with E-state index in [1.807, 2.05) is 38.1 Å². The van der Waals surface area contributed by atoms with Crippen LogP contribution >= 0.6 is 0 Å². The molecule has 4 rings (SSSR count). The Morgan fingerprint density at radius 2 is 1.61 bits per heavy atom. The number of halogens is 1. The van der Waals surface area contributed by atoms with Crippen LogP contribution in [0.5, 0.6) is 0 Å². The second-order valence-electron chi connectivity index (χ2n) is 7.27. The van der Waals surface area contributed by atoms with Gasteiger partial charge in [0.05, 0.1) is 5.69 Å². The number of anilines is 3. The van der Waals surface area contributed by atoms with E-state index in [-0.39, 0.29) is 11.7 Å². The number of benzene rings is 3. The van der Waals surface area contributed by atoms with E-state index in [4.69, 9.17) is 0 Å². The van der Waals surface area contributed by atoms with E-state index in [0.717, 1.165) is 22.5 Å². The lowest BCUT2D eigenvalue weighted by Gasteiger charge is -2.10. The van der Waals surface area contributed by atoms with Gasteiger partial charge in [-0.1, -0.05) is 12.1 Å². The van der Waals surface area contributed by atoms with Gasteiger partial charge in [-0.25, -0.2) is 4.39 Å². The molecule has 0 aliphatic rings. The molecule has 31 heavy (non-hydrogen) atoms. The van der Waals surface area contributed by atoms with Crippen molar-refractivity contribution in [3.8, 4) is 11.3 Å². The molecule has 2 N–H and O–H groups in total. The second-order valence-corrected chi connectivity index (χ2v) is 7.27. The van der Waals surface area contributed by atoms with Crippen molar-refractivity contribution in [3.05, 3.63) is 101 Å². The summed E-state index contributed by atoms with van der Waals surface area (Å²) < 4.78 is 13.1. The van der Waals surface area contributed by atoms with Crippen LogP contribution in [-0.2, 0) is 0 Å². The minimum atomic E-state index is -0.295. The van der Waals surface area contributed by atoms with Crippen molar-refractivity contribution < 1.29 is 9.18 Å². The van der Waals surface area contributed by atoms with Gasteiger partial charge in [-0.05, 0) is 91.7 Å². The Kier molecular flexibility index (Phi) is 5.71. The van der Waals surface area contributed by atoms with E-state index >= 15 is 0 Å². The molecule has 0 unspecified atom stereocenters. The summed E-state index contributed by atoms with van der Waals surface area (Å²) in [5.74, 6) is 0.0543. The number of carbonyl (C=O) groups is 1. The Morgan fingerprint density at radius 3 is 2.32 bits per heavy atom. The van der Waals surface area contributed by atoms with E-state index < -0.39 is 0 Å². The molecule has 0 radical (unpaired) electrons. The summed E-state index contributed by atoms with van der Waals surface area (Å²) in [5, 5.41) is 14.4. The van der Waals surface area contributed by atoms with Gasteiger partial charge < -0.3 is 10.6 Å². The lowest BCUT2D eigenvalue weighted by molar-refractivity contribution is 0.102. The third-order valence-corrected chi connectivity index (χ3v) is 4.97. The van der Waals surface area contributed by atoms with Crippen molar-refractivity contribution in [2.45, 2.75) is 13.8 Å². The lowest BCUT2D eigenvalue weighted by atomic mass is 10.1. The van der Waals surface area contributed by atoms with Gasteiger partial charge >= 0.3 is 0 Å². The predicted molar refractivity (Wildman–Crippen MR) is 121 cm³/mol. The zero-order valence-electron chi connectivity index (χ0n) is 17.2. The number of hydrogen-bond donors (Lipinski definition) is 2. The van der Waals surface area contributed by atoms with Crippen LogP contribution in [0.1, 0.15) is 21.5 Å². The first kappa shape index (κ1) is 20.2. The maximum Gasteiger partial charge on any atom is 0.255 e. The van der Waals surface area contributed by atoms with Gasteiger partial charge in [0.25, 0.3) is 5.91 Å². The summed E-state index contributed by atoms with van der Waals surface area (Å²) in [6, 6.07) is 22.7. The van der Waals surface area contributed by atoms with Crippen LogP contribution < -0.4 is 10.6 Å². The lowest BCUT2D eigenvalue weighted by Crippen LogP contribution is -2.12. The second kappa shape index (κ2) is 8.75. The average molecular weight is 412 g/mol. The molecule has 1 amide bonds. The molecular weight excluding hydrogens is 391 g/mol. The maximum absolute atomic E-state index is 13.1. The summed E-state index contributed by atoms with van der Waals surface area (Å²) >= 11 is 0. The van der Waals surface area contributed by atoms with E-state index in [1.165, 1.54) is 17.7 Å². The Balaban J connectivity index is 1.46. The molecule has 0 aliphatic heterocycles. The van der Waals surface area contributed by atoms with Crippen LogP contribution in [0.15, 0.2) is 78.9 Å². The summed E-state index contributed by atoms with van der Waals surface area (Å²) in [5.41, 5.74) is 5.73. The first-order chi connectivity index (χ1) is 15.0. The van der Waals surface area contributed by atoms with Crippen molar-refractivity contribution in [1.29, 1.82) is 0 Å². The molecule has 4 aromatic rings. The summed E-state index contributed by atoms with van der Waals surface area (Å²) in [4.78, 5) is 12.6. The molecule has 1 heterocycles. The smallest absolute Gasteiger partial charge is 0.255 e.